The van der Waals surface area contributed by atoms with Gasteiger partial charge in [0.05, 0.1) is 25.4 Å². The third kappa shape index (κ3) is 56.2. The molecule has 0 aliphatic carbocycles. The summed E-state index contributed by atoms with van der Waals surface area (Å²) in [5.74, 6) is -0.0218. The molecule has 3 N–H and O–H groups in total. The van der Waals surface area contributed by atoms with Crippen LogP contribution in [0.3, 0.4) is 0 Å². The van der Waals surface area contributed by atoms with Gasteiger partial charge in [0.25, 0.3) is 0 Å². The lowest BCUT2D eigenvalue weighted by molar-refractivity contribution is -0.143. The third-order valence-electron chi connectivity index (χ3n) is 15.4. The van der Waals surface area contributed by atoms with Gasteiger partial charge in [0.2, 0.25) is 5.91 Å². The minimum atomic E-state index is -0.666. The van der Waals surface area contributed by atoms with Crippen LogP contribution < -0.4 is 5.32 Å². The summed E-state index contributed by atoms with van der Waals surface area (Å²) in [6.07, 6.45) is 71.1. The van der Waals surface area contributed by atoms with Gasteiger partial charge in [-0.3, -0.25) is 9.59 Å². The van der Waals surface area contributed by atoms with Crippen molar-refractivity contribution in [3.8, 4) is 0 Å². The smallest absolute Gasteiger partial charge is 0.305 e. The summed E-state index contributed by atoms with van der Waals surface area (Å²) in [7, 11) is 0. The number of nitrogens with one attached hydrogen (secondary N) is 1. The summed E-state index contributed by atoms with van der Waals surface area (Å²) in [5.41, 5.74) is 0. The number of rotatable bonds is 61. The van der Waals surface area contributed by atoms with E-state index in [1.165, 1.54) is 302 Å². The lowest BCUT2D eigenvalue weighted by Crippen LogP contribution is -2.45. The van der Waals surface area contributed by atoms with Crippen LogP contribution in [0.1, 0.15) is 373 Å². The highest BCUT2D eigenvalue weighted by Gasteiger charge is 2.20. The van der Waals surface area contributed by atoms with E-state index in [2.05, 4.69) is 19.2 Å². The maximum atomic E-state index is 12.5. The number of esters is 1. The van der Waals surface area contributed by atoms with Crippen LogP contribution in [0.2, 0.25) is 0 Å². The van der Waals surface area contributed by atoms with Crippen LogP contribution in [0.4, 0.5) is 0 Å². The van der Waals surface area contributed by atoms with Gasteiger partial charge in [-0.1, -0.05) is 335 Å². The van der Waals surface area contributed by atoms with Gasteiger partial charge in [0.1, 0.15) is 0 Å². The largest absolute Gasteiger partial charge is 0.466 e. The van der Waals surface area contributed by atoms with Gasteiger partial charge in [0, 0.05) is 12.8 Å². The zero-order valence-electron chi connectivity index (χ0n) is 47.8. The Morgan fingerprint density at radius 1 is 0.343 bits per heavy atom. The molecule has 0 heterocycles. The molecule has 2 unspecified atom stereocenters. The summed E-state index contributed by atoms with van der Waals surface area (Å²) in [6, 6.07) is -0.543. The summed E-state index contributed by atoms with van der Waals surface area (Å²) >= 11 is 0. The molecular weight excluding hydrogens is 863 g/mol. The van der Waals surface area contributed by atoms with Gasteiger partial charge in [-0.2, -0.15) is 0 Å². The lowest BCUT2D eigenvalue weighted by atomic mass is 10.0. The Morgan fingerprint density at radius 2 is 0.586 bits per heavy atom. The second-order valence-corrected chi connectivity index (χ2v) is 22.5. The molecule has 1 amide bonds. The summed E-state index contributed by atoms with van der Waals surface area (Å²) in [4.78, 5) is 24.6. The average Bonchev–Trinajstić information content (AvgIpc) is 3.36. The molecule has 0 fully saturated rings. The number of carbonyl (C=O) groups excluding carboxylic acids is 2. The number of aliphatic hydroxyl groups excluding tert-OH is 2. The van der Waals surface area contributed by atoms with Crippen molar-refractivity contribution in [3.05, 3.63) is 0 Å². The molecule has 6 nitrogen and oxygen atoms in total. The topological polar surface area (TPSA) is 95.9 Å². The molecule has 0 aromatic heterocycles. The highest BCUT2D eigenvalue weighted by Crippen LogP contribution is 2.19. The molecule has 0 bridgehead atoms. The van der Waals surface area contributed by atoms with Crippen LogP contribution >= 0.6 is 0 Å². The van der Waals surface area contributed by atoms with Gasteiger partial charge in [-0.25, -0.2) is 0 Å². The molecule has 0 aliphatic heterocycles. The third-order valence-corrected chi connectivity index (χ3v) is 15.4. The molecule has 0 saturated carbocycles. The van der Waals surface area contributed by atoms with Crippen molar-refractivity contribution in [1.29, 1.82) is 0 Å². The van der Waals surface area contributed by atoms with Crippen LogP contribution in [0.15, 0.2) is 0 Å². The Labute approximate surface area is 438 Å². The second kappa shape index (κ2) is 60.4. The fourth-order valence-corrected chi connectivity index (χ4v) is 10.5. The molecule has 0 aromatic rings. The number of aliphatic hydroxyl groups is 2. The number of ether oxygens (including phenoxy) is 1. The van der Waals surface area contributed by atoms with Crippen LogP contribution in [0.5, 0.6) is 0 Å². The Kier molecular flexibility index (Phi) is 59.4. The van der Waals surface area contributed by atoms with Crippen LogP contribution in [-0.2, 0) is 14.3 Å². The van der Waals surface area contributed by atoms with Gasteiger partial charge >= 0.3 is 5.97 Å². The Bertz CT molecular complexity index is 1010. The molecule has 0 aromatic carbocycles. The van der Waals surface area contributed by atoms with E-state index >= 15 is 0 Å². The van der Waals surface area contributed by atoms with Gasteiger partial charge in [-0.05, 0) is 25.7 Å². The van der Waals surface area contributed by atoms with Crippen molar-refractivity contribution in [3.63, 3.8) is 0 Å². The predicted molar refractivity (Wildman–Crippen MR) is 306 cm³/mol. The monoisotopic (exact) mass is 990 g/mol. The number of amides is 1. The van der Waals surface area contributed by atoms with E-state index in [-0.39, 0.29) is 18.5 Å². The fourth-order valence-electron chi connectivity index (χ4n) is 10.5. The Balaban J connectivity index is 3.37. The maximum absolute atomic E-state index is 12.5. The first-order valence-corrected chi connectivity index (χ1v) is 32.3. The normalized spacial score (nSPS) is 12.5. The zero-order valence-corrected chi connectivity index (χ0v) is 47.8. The second-order valence-electron chi connectivity index (χ2n) is 22.5. The zero-order chi connectivity index (χ0) is 50.7. The number of hydrogen-bond donors (Lipinski definition) is 3. The fraction of sp³-hybridized carbons (Fsp3) is 0.969. The first-order chi connectivity index (χ1) is 34.5. The van der Waals surface area contributed by atoms with Crippen molar-refractivity contribution in [2.24, 2.45) is 0 Å². The number of carbonyl (C=O) groups is 2. The van der Waals surface area contributed by atoms with Crippen molar-refractivity contribution in [1.82, 2.24) is 5.32 Å². The Morgan fingerprint density at radius 3 is 0.871 bits per heavy atom. The van der Waals surface area contributed by atoms with Crippen molar-refractivity contribution in [2.45, 2.75) is 386 Å². The highest BCUT2D eigenvalue weighted by atomic mass is 16.5. The van der Waals surface area contributed by atoms with Crippen LogP contribution in [0, 0.1) is 0 Å². The summed E-state index contributed by atoms with van der Waals surface area (Å²) in [6.45, 7) is 4.99. The first-order valence-electron chi connectivity index (χ1n) is 32.3. The van der Waals surface area contributed by atoms with E-state index in [0.717, 1.165) is 38.5 Å². The highest BCUT2D eigenvalue weighted by molar-refractivity contribution is 5.76. The van der Waals surface area contributed by atoms with Gasteiger partial charge in [-0.15, -0.1) is 0 Å². The van der Waals surface area contributed by atoms with Gasteiger partial charge < -0.3 is 20.3 Å². The molecule has 0 spiro atoms. The van der Waals surface area contributed by atoms with Crippen LogP contribution in [-0.4, -0.2) is 47.4 Å². The molecule has 0 saturated heterocycles. The van der Waals surface area contributed by atoms with Crippen LogP contribution in [0.25, 0.3) is 0 Å². The number of unbranched alkanes of at least 4 members (excludes halogenated alkanes) is 50. The molecule has 2 atom stereocenters. The maximum Gasteiger partial charge on any atom is 0.305 e. The quantitative estimate of drug-likeness (QED) is 0.0417. The molecule has 6 heteroatoms. The molecule has 0 rings (SSSR count). The minimum absolute atomic E-state index is 0.0131. The summed E-state index contributed by atoms with van der Waals surface area (Å²) < 4.78 is 5.50. The summed E-state index contributed by atoms with van der Waals surface area (Å²) in [5, 5.41) is 23.3. The van der Waals surface area contributed by atoms with E-state index in [9.17, 15) is 19.8 Å². The standard InChI is InChI=1S/C64H127NO5/c1-3-5-7-9-11-13-15-17-19-21-26-30-34-38-42-46-50-54-58-64(69)70-59-55-51-47-43-39-35-31-27-23-22-25-29-33-37-41-45-49-53-57-63(68)65-61(60-66)62(67)56-52-48-44-40-36-32-28-24-20-18-16-14-12-10-8-6-4-2/h61-62,66-67H,3-60H2,1-2H3,(H,65,68). The predicted octanol–water partition coefficient (Wildman–Crippen LogP) is 20.3. The average molecular weight is 991 g/mol. The van der Waals surface area contributed by atoms with E-state index < -0.39 is 12.1 Å². The molecule has 70 heavy (non-hydrogen) atoms. The molecule has 0 aliphatic rings. The Hall–Kier alpha value is -1.14. The van der Waals surface area contributed by atoms with Gasteiger partial charge in [0.15, 0.2) is 0 Å². The van der Waals surface area contributed by atoms with E-state index in [1.807, 2.05) is 0 Å². The van der Waals surface area contributed by atoms with E-state index in [1.54, 1.807) is 0 Å². The SMILES string of the molecule is CCCCCCCCCCCCCCCCCCCCC(=O)OCCCCCCCCCCCCCCCCCCCCC(=O)NC(CO)C(O)CCCCCCCCCCCCCCCCCCC. The number of hydrogen-bond acceptors (Lipinski definition) is 5. The lowest BCUT2D eigenvalue weighted by Gasteiger charge is -2.22. The minimum Gasteiger partial charge on any atom is -0.466 e. The van der Waals surface area contributed by atoms with Crippen molar-refractivity contribution in [2.75, 3.05) is 13.2 Å². The molecule has 0 radical (unpaired) electrons. The molecular formula is C64H127NO5. The van der Waals surface area contributed by atoms with E-state index in [4.69, 9.17) is 4.74 Å². The van der Waals surface area contributed by atoms with E-state index in [0.29, 0.717) is 25.9 Å². The first kappa shape index (κ1) is 68.9. The van der Waals surface area contributed by atoms with Crippen molar-refractivity contribution >= 4 is 11.9 Å². The molecule has 418 valence electrons. The van der Waals surface area contributed by atoms with Crippen molar-refractivity contribution < 1.29 is 24.5 Å².